The second-order valence-corrected chi connectivity index (χ2v) is 12.0. The number of aromatic nitrogens is 1. The minimum atomic E-state index is -0.230. The van der Waals surface area contributed by atoms with Gasteiger partial charge in [0.15, 0.2) is 0 Å². The van der Waals surface area contributed by atoms with Crippen LogP contribution in [0.25, 0.3) is 11.0 Å². The quantitative estimate of drug-likeness (QED) is 0.216. The van der Waals surface area contributed by atoms with Gasteiger partial charge in [-0.3, -0.25) is 9.69 Å². The summed E-state index contributed by atoms with van der Waals surface area (Å²) in [5.74, 6) is 1.61. The van der Waals surface area contributed by atoms with E-state index in [4.69, 9.17) is 14.7 Å². The number of carbonyl (C=O) groups is 1. The Morgan fingerprint density at radius 1 is 1.00 bits per heavy atom. The summed E-state index contributed by atoms with van der Waals surface area (Å²) in [6, 6.07) is 24.5. The number of nitrogens with zero attached hydrogens (tertiary/aromatic N) is 2. The van der Waals surface area contributed by atoms with Gasteiger partial charge in [-0.15, -0.1) is 0 Å². The van der Waals surface area contributed by atoms with Crippen molar-refractivity contribution in [2.75, 3.05) is 13.1 Å². The zero-order valence-corrected chi connectivity index (χ0v) is 25.4. The number of amides is 1. The molecule has 1 aliphatic heterocycles. The number of hydrogen-bond acceptors (Lipinski definition) is 6. The van der Waals surface area contributed by atoms with Crippen molar-refractivity contribution < 1.29 is 13.7 Å². The number of benzene rings is 3. The summed E-state index contributed by atoms with van der Waals surface area (Å²) >= 11 is 0. The van der Waals surface area contributed by atoms with E-state index in [0.717, 1.165) is 81.9 Å². The molecule has 7 heteroatoms. The SMILES string of the molecule is Cc1ccc(C(NC(=O)Cc2ccc3oc(C(c4c(C)noc4C)N4CCC(N)CC4)cc3c2)c2ccccc2)c(C)c1. The van der Waals surface area contributed by atoms with Crippen LogP contribution in [0.15, 0.2) is 81.7 Å². The first-order valence-electron chi connectivity index (χ1n) is 15.1. The van der Waals surface area contributed by atoms with Gasteiger partial charge >= 0.3 is 0 Å². The molecule has 7 nitrogen and oxygen atoms in total. The first kappa shape index (κ1) is 28.9. The highest BCUT2D eigenvalue weighted by molar-refractivity contribution is 5.83. The zero-order chi connectivity index (χ0) is 30.1. The molecule has 6 rings (SSSR count). The Labute approximate surface area is 253 Å². The minimum Gasteiger partial charge on any atom is -0.459 e. The predicted octanol–water partition coefficient (Wildman–Crippen LogP) is 6.62. The van der Waals surface area contributed by atoms with Crippen LogP contribution in [0.4, 0.5) is 0 Å². The Morgan fingerprint density at radius 3 is 2.47 bits per heavy atom. The number of aryl methyl sites for hydroxylation is 4. The molecule has 2 aromatic heterocycles. The van der Waals surface area contributed by atoms with E-state index in [1.807, 2.05) is 44.2 Å². The topological polar surface area (TPSA) is 97.5 Å². The van der Waals surface area contributed by atoms with Gasteiger partial charge in [-0.05, 0) is 81.0 Å². The van der Waals surface area contributed by atoms with Crippen LogP contribution in [0, 0.1) is 27.7 Å². The molecule has 5 aromatic rings. The largest absolute Gasteiger partial charge is 0.459 e. The van der Waals surface area contributed by atoms with Crippen molar-refractivity contribution in [2.45, 2.75) is 65.1 Å². The second kappa shape index (κ2) is 12.2. The summed E-state index contributed by atoms with van der Waals surface area (Å²) < 4.78 is 12.0. The Hall–Kier alpha value is -4.20. The van der Waals surface area contributed by atoms with E-state index < -0.39 is 0 Å². The Kier molecular flexibility index (Phi) is 8.19. The lowest BCUT2D eigenvalue weighted by molar-refractivity contribution is -0.120. The summed E-state index contributed by atoms with van der Waals surface area (Å²) in [6.45, 7) is 9.88. The van der Waals surface area contributed by atoms with Gasteiger partial charge in [0.25, 0.3) is 0 Å². The molecule has 0 aliphatic carbocycles. The number of hydrogen-bond donors (Lipinski definition) is 2. The van der Waals surface area contributed by atoms with E-state index in [1.54, 1.807) is 0 Å². The number of rotatable bonds is 8. The molecule has 1 saturated heterocycles. The van der Waals surface area contributed by atoms with Crippen molar-refractivity contribution in [2.24, 2.45) is 5.73 Å². The lowest BCUT2D eigenvalue weighted by Gasteiger charge is -2.35. The van der Waals surface area contributed by atoms with Crippen molar-refractivity contribution in [3.63, 3.8) is 0 Å². The maximum absolute atomic E-state index is 13.5. The number of carbonyl (C=O) groups excluding carboxylic acids is 1. The average Bonchev–Trinajstić information content (AvgIpc) is 3.56. The van der Waals surface area contributed by atoms with Crippen LogP contribution in [0.2, 0.25) is 0 Å². The molecule has 3 heterocycles. The molecule has 3 N–H and O–H groups in total. The third-order valence-corrected chi connectivity index (χ3v) is 8.71. The number of piperidine rings is 1. The molecule has 43 heavy (non-hydrogen) atoms. The molecule has 1 aliphatic rings. The van der Waals surface area contributed by atoms with Gasteiger partial charge in [0, 0.05) is 30.1 Å². The maximum Gasteiger partial charge on any atom is 0.225 e. The van der Waals surface area contributed by atoms with Gasteiger partial charge in [0.1, 0.15) is 17.1 Å². The smallest absolute Gasteiger partial charge is 0.225 e. The van der Waals surface area contributed by atoms with Gasteiger partial charge < -0.3 is 20.0 Å². The zero-order valence-electron chi connectivity index (χ0n) is 25.4. The fraction of sp³-hybridized carbons (Fsp3) is 0.333. The number of furan rings is 1. The molecule has 1 fully saturated rings. The Morgan fingerprint density at radius 2 is 1.77 bits per heavy atom. The van der Waals surface area contributed by atoms with Crippen LogP contribution < -0.4 is 11.1 Å². The van der Waals surface area contributed by atoms with E-state index in [1.165, 1.54) is 5.56 Å². The van der Waals surface area contributed by atoms with E-state index in [2.05, 4.69) is 71.7 Å². The minimum absolute atomic E-state index is 0.0323. The highest BCUT2D eigenvalue weighted by Crippen LogP contribution is 2.37. The van der Waals surface area contributed by atoms with Crippen LogP contribution in [0.3, 0.4) is 0 Å². The molecule has 3 aromatic carbocycles. The molecule has 2 unspecified atom stereocenters. The van der Waals surface area contributed by atoms with Crippen LogP contribution >= 0.6 is 0 Å². The third-order valence-electron chi connectivity index (χ3n) is 8.71. The molecule has 222 valence electrons. The third kappa shape index (κ3) is 6.14. The van der Waals surface area contributed by atoms with E-state index in [-0.39, 0.29) is 30.5 Å². The van der Waals surface area contributed by atoms with E-state index in [0.29, 0.717) is 0 Å². The first-order chi connectivity index (χ1) is 20.8. The molecular weight excluding hydrogens is 536 g/mol. The fourth-order valence-corrected chi connectivity index (χ4v) is 6.45. The number of nitrogens with one attached hydrogen (secondary N) is 1. The van der Waals surface area contributed by atoms with Gasteiger partial charge in [-0.1, -0.05) is 65.3 Å². The second-order valence-electron chi connectivity index (χ2n) is 12.0. The molecule has 2 atom stereocenters. The maximum atomic E-state index is 13.5. The predicted molar refractivity (Wildman–Crippen MR) is 169 cm³/mol. The van der Waals surface area contributed by atoms with Crippen LogP contribution in [0.5, 0.6) is 0 Å². The van der Waals surface area contributed by atoms with Gasteiger partial charge in [0.2, 0.25) is 5.91 Å². The van der Waals surface area contributed by atoms with Gasteiger partial charge in [0.05, 0.1) is 24.2 Å². The highest BCUT2D eigenvalue weighted by atomic mass is 16.5. The summed E-state index contributed by atoms with van der Waals surface area (Å²) in [6.07, 6.45) is 2.14. The van der Waals surface area contributed by atoms with E-state index in [9.17, 15) is 4.79 Å². The molecule has 0 saturated carbocycles. The highest BCUT2D eigenvalue weighted by Gasteiger charge is 2.33. The van der Waals surface area contributed by atoms with Crippen LogP contribution in [-0.4, -0.2) is 35.1 Å². The van der Waals surface area contributed by atoms with Crippen molar-refractivity contribution in [1.29, 1.82) is 0 Å². The fourth-order valence-electron chi connectivity index (χ4n) is 6.45. The van der Waals surface area contributed by atoms with Crippen molar-refractivity contribution in [3.05, 3.63) is 123 Å². The number of fused-ring (bicyclic) bond motifs is 1. The molecule has 1 amide bonds. The normalized spacial score (nSPS) is 15.9. The number of likely N-dealkylation sites (tertiary alicyclic amines) is 1. The molecule has 0 spiro atoms. The molecular formula is C36H40N4O3. The summed E-state index contributed by atoms with van der Waals surface area (Å²) in [4.78, 5) is 15.9. The van der Waals surface area contributed by atoms with Gasteiger partial charge in [-0.25, -0.2) is 0 Å². The monoisotopic (exact) mass is 576 g/mol. The summed E-state index contributed by atoms with van der Waals surface area (Å²) in [5.41, 5.74) is 14.4. The lowest BCUT2D eigenvalue weighted by atomic mass is 9.93. The van der Waals surface area contributed by atoms with E-state index >= 15 is 0 Å². The van der Waals surface area contributed by atoms with Crippen molar-refractivity contribution >= 4 is 16.9 Å². The lowest BCUT2D eigenvalue weighted by Crippen LogP contribution is -2.42. The van der Waals surface area contributed by atoms with Crippen LogP contribution in [0.1, 0.15) is 75.5 Å². The average molecular weight is 577 g/mol. The summed E-state index contributed by atoms with van der Waals surface area (Å²) in [5, 5.41) is 8.52. The van der Waals surface area contributed by atoms with Crippen molar-refractivity contribution in [1.82, 2.24) is 15.4 Å². The summed E-state index contributed by atoms with van der Waals surface area (Å²) in [7, 11) is 0. The molecule has 0 radical (unpaired) electrons. The Balaban J connectivity index is 1.26. The molecule has 0 bridgehead atoms. The standard InChI is InChI=1S/C36H40N4O3/c1-22-10-12-30(23(2)18-22)35(27-8-6-5-7-9-27)38-33(41)20-26-11-13-31-28(19-26)21-32(42-31)36(34-24(3)39-43-25(34)4)40-16-14-29(37)15-17-40/h5-13,18-19,21,29,35-36H,14-17,20,37H2,1-4H3,(H,38,41). The van der Waals surface area contributed by atoms with Crippen LogP contribution in [-0.2, 0) is 11.2 Å². The van der Waals surface area contributed by atoms with Gasteiger partial charge in [-0.2, -0.15) is 0 Å². The number of nitrogens with two attached hydrogens (primary N) is 1. The van der Waals surface area contributed by atoms with Crippen molar-refractivity contribution in [3.8, 4) is 0 Å². The Bertz CT molecular complexity index is 1710. The first-order valence-corrected chi connectivity index (χ1v) is 15.1.